The highest BCUT2D eigenvalue weighted by molar-refractivity contribution is 7.51. The molecule has 2 aromatic heterocycles. The van der Waals surface area contributed by atoms with E-state index in [0.29, 0.717) is 14.5 Å². The smallest absolute Gasteiger partial charge is 0.252 e. The van der Waals surface area contributed by atoms with Gasteiger partial charge in [-0.2, -0.15) is 5.10 Å². The van der Waals surface area contributed by atoms with Crippen molar-refractivity contribution in [1.29, 1.82) is 0 Å². The highest BCUT2D eigenvalue weighted by Gasteiger charge is 2.31. The Morgan fingerprint density at radius 2 is 2.03 bits per heavy atom. The Morgan fingerprint density at radius 3 is 2.81 bits per heavy atom. The summed E-state index contributed by atoms with van der Waals surface area (Å²) in [7, 11) is 0.489. The first-order valence-corrected chi connectivity index (χ1v) is 12.4. The van der Waals surface area contributed by atoms with Gasteiger partial charge in [-0.15, -0.1) is 0 Å². The zero-order valence-corrected chi connectivity index (χ0v) is 19.5. The predicted molar refractivity (Wildman–Crippen MR) is 126 cm³/mol. The zero-order chi connectivity index (χ0) is 21.5. The number of piperidine rings is 1. The van der Waals surface area contributed by atoms with Crippen LogP contribution in [0.4, 0.5) is 0 Å². The van der Waals surface area contributed by atoms with Gasteiger partial charge in [-0.3, -0.25) is 9.78 Å². The first-order valence-electron chi connectivity index (χ1n) is 11.3. The molecule has 2 aromatic rings. The third kappa shape index (κ3) is 3.99. The van der Waals surface area contributed by atoms with Crippen molar-refractivity contribution in [3.05, 3.63) is 59.3 Å². The lowest BCUT2D eigenvalue weighted by atomic mass is 9.88. The van der Waals surface area contributed by atoms with Crippen LogP contribution in [-0.2, 0) is 4.79 Å². The number of amides is 1. The molecule has 0 N–H and O–H groups in total. The van der Waals surface area contributed by atoms with Crippen LogP contribution in [0.5, 0.6) is 0 Å². The second kappa shape index (κ2) is 8.33. The number of aryl methyl sites for hydroxylation is 2. The summed E-state index contributed by atoms with van der Waals surface area (Å²) in [6.45, 7) is 9.74. The van der Waals surface area contributed by atoms with E-state index in [9.17, 15) is 4.79 Å². The van der Waals surface area contributed by atoms with Crippen LogP contribution in [0.1, 0.15) is 43.3 Å². The highest BCUT2D eigenvalue weighted by Crippen LogP contribution is 2.45. The Balaban J connectivity index is 1.35. The summed E-state index contributed by atoms with van der Waals surface area (Å²) in [5.74, 6) is 0.721. The Morgan fingerprint density at radius 1 is 1.23 bits per heavy atom. The number of allylic oxidation sites excluding steroid dienone is 2. The fourth-order valence-electron chi connectivity index (χ4n) is 4.91. The zero-order valence-electron chi connectivity index (χ0n) is 18.5. The molecule has 7 heteroatoms. The first kappa shape index (κ1) is 20.6. The second-order valence-electron chi connectivity index (χ2n) is 8.82. The number of rotatable bonds is 4. The molecule has 0 spiro atoms. The van der Waals surface area contributed by atoms with E-state index < -0.39 is 0 Å². The third-order valence-electron chi connectivity index (χ3n) is 6.52. The number of carbonyl (C=O) groups excluding carboxylic acids is 1. The SMILES string of the molecule is CCCN1CCC(C2=CN3C(=O)C=C(c4cc5c(C)nc(C)cn5n4)PC3C=C2)CC1. The van der Waals surface area contributed by atoms with Crippen molar-refractivity contribution in [2.75, 3.05) is 19.6 Å². The molecule has 5 heterocycles. The molecular weight excluding hydrogens is 405 g/mol. The maximum atomic E-state index is 13.0. The normalized spacial score (nSPS) is 23.4. The van der Waals surface area contributed by atoms with E-state index in [1.54, 1.807) is 6.08 Å². The lowest BCUT2D eigenvalue weighted by Gasteiger charge is -2.37. The van der Waals surface area contributed by atoms with Crippen LogP contribution in [0.25, 0.3) is 10.8 Å². The summed E-state index contributed by atoms with van der Waals surface area (Å²) in [6.07, 6.45) is 13.9. The van der Waals surface area contributed by atoms with Gasteiger partial charge in [0.25, 0.3) is 5.91 Å². The Labute approximate surface area is 185 Å². The molecular formula is C24H30N5OP. The molecule has 0 aromatic carbocycles. The summed E-state index contributed by atoms with van der Waals surface area (Å²) in [4.78, 5) is 22.1. The van der Waals surface area contributed by atoms with Gasteiger partial charge >= 0.3 is 0 Å². The molecule has 0 saturated carbocycles. The van der Waals surface area contributed by atoms with Crippen LogP contribution < -0.4 is 0 Å². The number of nitrogens with zero attached hydrogens (tertiary/aromatic N) is 5. The van der Waals surface area contributed by atoms with Gasteiger partial charge in [-0.1, -0.05) is 27.7 Å². The van der Waals surface area contributed by atoms with Gasteiger partial charge in [-0.05, 0) is 70.3 Å². The van der Waals surface area contributed by atoms with Crippen molar-refractivity contribution >= 4 is 25.3 Å². The Bertz CT molecular complexity index is 1110. The number of likely N-dealkylation sites (tertiary alicyclic amines) is 1. The maximum absolute atomic E-state index is 13.0. The van der Waals surface area contributed by atoms with E-state index in [1.807, 2.05) is 29.5 Å². The summed E-state index contributed by atoms with van der Waals surface area (Å²) in [5.41, 5.74) is 5.09. The van der Waals surface area contributed by atoms with E-state index >= 15 is 0 Å². The topological polar surface area (TPSA) is 53.7 Å². The number of aromatic nitrogens is 3. The molecule has 0 radical (unpaired) electrons. The van der Waals surface area contributed by atoms with Gasteiger partial charge in [0.2, 0.25) is 0 Å². The molecule has 31 heavy (non-hydrogen) atoms. The number of fused-ring (bicyclic) bond motifs is 2. The molecule has 1 amide bonds. The molecule has 3 aliphatic rings. The average Bonchev–Trinajstić information content (AvgIpc) is 3.19. The van der Waals surface area contributed by atoms with Crippen molar-refractivity contribution < 1.29 is 4.79 Å². The van der Waals surface area contributed by atoms with Crippen molar-refractivity contribution in [3.63, 3.8) is 0 Å². The third-order valence-corrected chi connectivity index (χ3v) is 8.00. The summed E-state index contributed by atoms with van der Waals surface area (Å²) in [5, 5.41) is 5.77. The fourth-order valence-corrected chi connectivity index (χ4v) is 6.24. The molecule has 5 rings (SSSR count). The average molecular weight is 436 g/mol. The summed E-state index contributed by atoms with van der Waals surface area (Å²) >= 11 is 0. The molecule has 2 unspecified atom stereocenters. The summed E-state index contributed by atoms with van der Waals surface area (Å²) in [6, 6.07) is 2.06. The van der Waals surface area contributed by atoms with Crippen molar-refractivity contribution in [3.8, 4) is 0 Å². The van der Waals surface area contributed by atoms with Gasteiger partial charge in [0.15, 0.2) is 0 Å². The van der Waals surface area contributed by atoms with E-state index in [-0.39, 0.29) is 11.7 Å². The molecule has 1 saturated heterocycles. The lowest BCUT2D eigenvalue weighted by molar-refractivity contribution is -0.123. The number of hydrogen-bond donors (Lipinski definition) is 0. The van der Waals surface area contributed by atoms with Gasteiger partial charge in [0.1, 0.15) is 0 Å². The molecule has 6 nitrogen and oxygen atoms in total. The van der Waals surface area contributed by atoms with Crippen molar-refractivity contribution in [2.45, 2.75) is 45.8 Å². The predicted octanol–water partition coefficient (Wildman–Crippen LogP) is 4.11. The van der Waals surface area contributed by atoms with Crippen LogP contribution in [0.2, 0.25) is 0 Å². The molecule has 1 fully saturated rings. The minimum absolute atomic E-state index is 0.0621. The quantitative estimate of drug-likeness (QED) is 0.679. The largest absolute Gasteiger partial charge is 0.304 e. The fraction of sp³-hybridized carbons (Fsp3) is 0.458. The van der Waals surface area contributed by atoms with E-state index in [4.69, 9.17) is 5.10 Å². The van der Waals surface area contributed by atoms with Crippen LogP contribution in [0.3, 0.4) is 0 Å². The minimum atomic E-state index is 0.0621. The lowest BCUT2D eigenvalue weighted by Crippen LogP contribution is -2.38. The van der Waals surface area contributed by atoms with E-state index in [0.717, 1.165) is 41.0 Å². The molecule has 162 valence electrons. The Kier molecular flexibility index (Phi) is 5.53. The molecule has 0 aliphatic carbocycles. The maximum Gasteiger partial charge on any atom is 0.252 e. The number of carbonyl (C=O) groups is 1. The van der Waals surface area contributed by atoms with Crippen LogP contribution in [0, 0.1) is 19.8 Å². The van der Waals surface area contributed by atoms with Gasteiger partial charge in [0.05, 0.1) is 34.6 Å². The first-order chi connectivity index (χ1) is 15.0. The molecule has 0 bridgehead atoms. The van der Waals surface area contributed by atoms with E-state index in [2.05, 4.69) is 41.2 Å². The standard InChI is InChI=1S/C24H30N5OP/c1-4-9-27-10-7-18(8-11-27)19-5-6-24-28(15-19)23(30)13-22(31-24)20-12-21-17(3)25-16(2)14-29(21)26-20/h5-6,12-15,18,24,31H,4,7-11H2,1-3H3. The van der Waals surface area contributed by atoms with Crippen molar-refractivity contribution in [2.24, 2.45) is 5.92 Å². The van der Waals surface area contributed by atoms with Gasteiger partial charge < -0.3 is 9.80 Å². The minimum Gasteiger partial charge on any atom is -0.304 e. The van der Waals surface area contributed by atoms with E-state index in [1.165, 1.54) is 31.4 Å². The molecule has 2 atom stereocenters. The summed E-state index contributed by atoms with van der Waals surface area (Å²) < 4.78 is 1.88. The highest BCUT2D eigenvalue weighted by atomic mass is 31.1. The van der Waals surface area contributed by atoms with Crippen LogP contribution in [0.15, 0.2) is 42.3 Å². The van der Waals surface area contributed by atoms with Gasteiger partial charge in [-0.25, -0.2) is 4.52 Å². The second-order valence-corrected chi connectivity index (χ2v) is 10.2. The van der Waals surface area contributed by atoms with Crippen LogP contribution in [-0.4, -0.2) is 55.7 Å². The number of hydrogen-bond acceptors (Lipinski definition) is 4. The Hall–Kier alpha value is -2.30. The van der Waals surface area contributed by atoms with Crippen LogP contribution >= 0.6 is 8.58 Å². The monoisotopic (exact) mass is 435 g/mol. The van der Waals surface area contributed by atoms with Crippen molar-refractivity contribution in [1.82, 2.24) is 24.4 Å². The molecule has 3 aliphatic heterocycles. The van der Waals surface area contributed by atoms with Gasteiger partial charge in [0, 0.05) is 17.6 Å².